The first-order valence-electron chi connectivity index (χ1n) is 12.2. The molecule has 4 rings (SSSR count). The van der Waals surface area contributed by atoms with Crippen molar-refractivity contribution in [3.63, 3.8) is 0 Å². The van der Waals surface area contributed by atoms with Gasteiger partial charge in [-0.2, -0.15) is 0 Å². The predicted octanol–water partition coefficient (Wildman–Crippen LogP) is 0.915. The summed E-state index contributed by atoms with van der Waals surface area (Å²) in [5.41, 5.74) is 7.94. The molecule has 0 amide bonds. The molecule has 2 fully saturated rings. The minimum Gasteiger partial charge on any atom is -0.370 e. The van der Waals surface area contributed by atoms with E-state index in [-0.39, 0.29) is 10.9 Å². The van der Waals surface area contributed by atoms with Gasteiger partial charge in [0.2, 0.25) is 20.0 Å². The molecule has 0 saturated carbocycles. The van der Waals surface area contributed by atoms with Gasteiger partial charge < -0.3 is 20.9 Å². The molecule has 0 radical (unpaired) electrons. The molecule has 2 atom stereocenters. The van der Waals surface area contributed by atoms with Crippen LogP contribution in [0.1, 0.15) is 19.8 Å². The molecule has 0 spiro atoms. The van der Waals surface area contributed by atoms with E-state index in [2.05, 4.69) is 31.5 Å². The number of hydrogen-bond donors (Lipinski definition) is 4. The largest absolute Gasteiger partial charge is 0.370 e. The molecule has 2 aromatic rings. The molecule has 2 aliphatic heterocycles. The van der Waals surface area contributed by atoms with Crippen LogP contribution in [0, 0.1) is 0 Å². The lowest BCUT2D eigenvalue weighted by atomic mass is 10.2. The van der Waals surface area contributed by atoms with Gasteiger partial charge in [0.25, 0.3) is 0 Å². The summed E-state index contributed by atoms with van der Waals surface area (Å²) in [4.78, 5) is 5.04. The maximum absolute atomic E-state index is 11.6. The molecule has 2 saturated heterocycles. The van der Waals surface area contributed by atoms with Crippen molar-refractivity contribution in [3.8, 4) is 0 Å². The summed E-state index contributed by atoms with van der Waals surface area (Å²) >= 11 is 0. The van der Waals surface area contributed by atoms with Crippen molar-refractivity contribution >= 4 is 31.4 Å². The van der Waals surface area contributed by atoms with E-state index in [1.807, 2.05) is 24.3 Å². The van der Waals surface area contributed by atoms with Crippen LogP contribution in [0.5, 0.6) is 0 Å². The Kier molecular flexibility index (Phi) is 9.72. The maximum atomic E-state index is 11.6. The zero-order chi connectivity index (χ0) is 26.3. The van der Waals surface area contributed by atoms with Crippen molar-refractivity contribution < 1.29 is 16.8 Å². The number of sulfonamides is 2. The summed E-state index contributed by atoms with van der Waals surface area (Å²) in [5, 5.41) is 3.44. The minimum absolute atomic E-state index is 0.218. The van der Waals surface area contributed by atoms with Crippen LogP contribution < -0.4 is 30.3 Å². The Morgan fingerprint density at radius 2 is 1.22 bits per heavy atom. The lowest BCUT2D eigenvalue weighted by molar-refractivity contribution is 0.572. The topological polar surface area (TPSA) is 137 Å². The molecule has 0 unspecified atom stereocenters. The van der Waals surface area contributed by atoms with Gasteiger partial charge in [-0.05, 0) is 82.0 Å². The van der Waals surface area contributed by atoms with Gasteiger partial charge in [-0.25, -0.2) is 26.3 Å². The Hall–Kier alpha value is -2.22. The molecule has 2 aliphatic rings. The summed E-state index contributed by atoms with van der Waals surface area (Å²) in [5.74, 6) is 0. The number of benzene rings is 2. The highest BCUT2D eigenvalue weighted by Crippen LogP contribution is 2.23. The third-order valence-corrected chi connectivity index (χ3v) is 9.33. The lowest BCUT2D eigenvalue weighted by Crippen LogP contribution is -2.32. The fraction of sp³-hybridized carbons (Fsp3) is 0.500. The summed E-state index contributed by atoms with van der Waals surface area (Å²) in [6.45, 7) is 6.84. The van der Waals surface area contributed by atoms with Gasteiger partial charge in [-0.15, -0.1) is 0 Å². The number of anilines is 2. The smallest absolute Gasteiger partial charge is 0.240 e. The highest BCUT2D eigenvalue weighted by molar-refractivity contribution is 7.89. The van der Waals surface area contributed by atoms with Crippen LogP contribution in [-0.2, 0) is 20.0 Å². The Labute approximate surface area is 215 Å². The van der Waals surface area contributed by atoms with Crippen LogP contribution >= 0.6 is 0 Å². The standard InChI is InChI=1S/C13H21N3O2S.C11H17N3O2S/c1-3-15-11-8-9-16(10-11)12-4-6-13(7-5-12)19(17,18)14-2;1-13-17(15,16)11-4-2-10(3-5-11)14-7-6-9(12)8-14/h4-7,11,14-15H,3,8-10H2,1-2H3;2-5,9,13H,6-8,12H2,1H3/t11-;9-/m00/s1. The van der Waals surface area contributed by atoms with Gasteiger partial charge in [0, 0.05) is 49.6 Å². The van der Waals surface area contributed by atoms with Crippen LogP contribution in [-0.4, -0.2) is 75.7 Å². The summed E-state index contributed by atoms with van der Waals surface area (Å²) in [6.07, 6.45) is 2.11. The number of rotatable bonds is 8. The number of likely N-dealkylation sites (N-methyl/N-ethyl adjacent to an activating group) is 1. The molecule has 36 heavy (non-hydrogen) atoms. The minimum atomic E-state index is -3.34. The monoisotopic (exact) mass is 538 g/mol. The summed E-state index contributed by atoms with van der Waals surface area (Å²) in [7, 11) is -3.85. The Balaban J connectivity index is 0.000000202. The highest BCUT2D eigenvalue weighted by Gasteiger charge is 2.22. The van der Waals surface area contributed by atoms with Gasteiger partial charge in [0.05, 0.1) is 9.79 Å². The molecule has 0 bridgehead atoms. The first kappa shape index (κ1) is 28.4. The van der Waals surface area contributed by atoms with E-state index >= 15 is 0 Å². The Bertz CT molecular complexity index is 1190. The van der Waals surface area contributed by atoms with Crippen LogP contribution in [0.2, 0.25) is 0 Å². The quantitative estimate of drug-likeness (QED) is 0.389. The highest BCUT2D eigenvalue weighted by atomic mass is 32.2. The van der Waals surface area contributed by atoms with Gasteiger partial charge in [-0.1, -0.05) is 6.92 Å². The second-order valence-corrected chi connectivity index (χ2v) is 12.7. The van der Waals surface area contributed by atoms with Crippen molar-refractivity contribution in [3.05, 3.63) is 48.5 Å². The maximum Gasteiger partial charge on any atom is 0.240 e. The van der Waals surface area contributed by atoms with E-state index in [9.17, 15) is 16.8 Å². The van der Waals surface area contributed by atoms with Crippen molar-refractivity contribution in [2.45, 2.75) is 41.6 Å². The number of hydrogen-bond acceptors (Lipinski definition) is 8. The van der Waals surface area contributed by atoms with Crippen LogP contribution in [0.25, 0.3) is 0 Å². The zero-order valence-corrected chi connectivity index (χ0v) is 22.8. The van der Waals surface area contributed by atoms with Crippen LogP contribution in [0.4, 0.5) is 11.4 Å². The second kappa shape index (κ2) is 12.3. The Morgan fingerprint density at radius 1 is 0.778 bits per heavy atom. The van der Waals surface area contributed by atoms with Crippen molar-refractivity contribution in [2.75, 3.05) is 56.6 Å². The number of nitrogens with two attached hydrogens (primary N) is 1. The SMILES string of the molecule is CCN[C@H]1CCN(c2ccc(S(=O)(=O)NC)cc2)C1.CNS(=O)(=O)c1ccc(N2CC[C@H](N)C2)cc1. The van der Waals surface area contributed by atoms with Crippen LogP contribution in [0.15, 0.2) is 58.3 Å². The molecule has 10 nitrogen and oxygen atoms in total. The number of nitrogens with zero attached hydrogens (tertiary/aromatic N) is 2. The average molecular weight is 539 g/mol. The van der Waals surface area contributed by atoms with Crippen molar-refractivity contribution in [1.29, 1.82) is 0 Å². The van der Waals surface area contributed by atoms with E-state index in [0.29, 0.717) is 10.9 Å². The zero-order valence-electron chi connectivity index (χ0n) is 21.1. The molecule has 5 N–H and O–H groups in total. The summed E-state index contributed by atoms with van der Waals surface area (Å²) < 4.78 is 51.0. The van der Waals surface area contributed by atoms with E-state index in [0.717, 1.165) is 56.9 Å². The molecule has 2 aromatic carbocycles. The van der Waals surface area contributed by atoms with Gasteiger partial charge >= 0.3 is 0 Å². The van der Waals surface area contributed by atoms with E-state index < -0.39 is 20.0 Å². The first-order chi connectivity index (χ1) is 17.1. The average Bonchev–Trinajstić information content (AvgIpc) is 3.54. The normalized spacial score (nSPS) is 20.3. The van der Waals surface area contributed by atoms with Gasteiger partial charge in [0.1, 0.15) is 0 Å². The molecule has 12 heteroatoms. The van der Waals surface area contributed by atoms with Crippen molar-refractivity contribution in [2.24, 2.45) is 5.73 Å². The molecule has 0 aromatic heterocycles. The molecule has 0 aliphatic carbocycles. The van der Waals surface area contributed by atoms with Gasteiger partial charge in [-0.3, -0.25) is 0 Å². The molecule has 2 heterocycles. The third kappa shape index (κ3) is 7.17. The lowest BCUT2D eigenvalue weighted by Gasteiger charge is -2.19. The first-order valence-corrected chi connectivity index (χ1v) is 15.1. The van der Waals surface area contributed by atoms with E-state index in [4.69, 9.17) is 5.73 Å². The fourth-order valence-electron chi connectivity index (χ4n) is 4.38. The van der Waals surface area contributed by atoms with Gasteiger partial charge in [0.15, 0.2) is 0 Å². The second-order valence-electron chi connectivity index (χ2n) is 8.89. The molecular formula is C24H38N6O4S2. The van der Waals surface area contributed by atoms with E-state index in [1.54, 1.807) is 24.3 Å². The van der Waals surface area contributed by atoms with Crippen molar-refractivity contribution in [1.82, 2.24) is 14.8 Å². The molecular weight excluding hydrogens is 500 g/mol. The number of nitrogens with one attached hydrogen (secondary N) is 3. The fourth-order valence-corrected chi connectivity index (χ4v) is 5.84. The third-order valence-electron chi connectivity index (χ3n) is 6.47. The van der Waals surface area contributed by atoms with Crippen LogP contribution in [0.3, 0.4) is 0 Å². The molecule has 200 valence electrons. The van der Waals surface area contributed by atoms with E-state index in [1.165, 1.54) is 14.1 Å². The Morgan fingerprint density at radius 3 is 1.61 bits per heavy atom. The predicted molar refractivity (Wildman–Crippen MR) is 144 cm³/mol. The summed E-state index contributed by atoms with van der Waals surface area (Å²) in [6, 6.07) is 14.7.